The number of carbonyl (C=O) groups is 4. The first kappa shape index (κ1) is 26.8. The van der Waals surface area contributed by atoms with Gasteiger partial charge in [-0.2, -0.15) is 0 Å². The van der Waals surface area contributed by atoms with Crippen LogP contribution in [0.1, 0.15) is 34.8 Å². The highest BCUT2D eigenvalue weighted by Crippen LogP contribution is 2.12. The molecule has 0 heterocycles. The number of carboxylic acids is 2. The molecule has 176 valence electrons. The number of hydrogen-bond acceptors (Lipinski definition) is 6. The molecule has 11 heteroatoms. The lowest BCUT2D eigenvalue weighted by atomic mass is 10.0. The lowest BCUT2D eigenvalue weighted by Gasteiger charge is -2.13. The highest BCUT2D eigenvalue weighted by atomic mass is 16.4. The van der Waals surface area contributed by atoms with Gasteiger partial charge in [0.05, 0.1) is 12.5 Å². The van der Waals surface area contributed by atoms with Gasteiger partial charge in [-0.15, -0.1) is 0 Å². The first-order chi connectivity index (χ1) is 15.5. The molecule has 0 spiro atoms. The number of carboxylic acid groups (broad SMARTS) is 2. The zero-order valence-electron chi connectivity index (χ0n) is 18.0. The fourth-order valence-electron chi connectivity index (χ4n) is 2.53. The van der Waals surface area contributed by atoms with Gasteiger partial charge in [0.25, 0.3) is 11.9 Å². The van der Waals surface area contributed by atoms with Crippen LogP contribution >= 0.6 is 0 Å². The molecule has 0 aliphatic rings. The summed E-state index contributed by atoms with van der Waals surface area (Å²) < 4.78 is 0. The fraction of sp³-hybridized carbons (Fsp3) is 0.227. The van der Waals surface area contributed by atoms with E-state index in [0.717, 1.165) is 12.5 Å². The molecule has 0 unspecified atom stereocenters. The third-order valence-electron chi connectivity index (χ3n) is 4.07. The number of nitrogen functional groups attached to an aromatic ring is 1. The zero-order valence-corrected chi connectivity index (χ0v) is 18.0. The van der Waals surface area contributed by atoms with E-state index in [1.165, 1.54) is 6.07 Å². The van der Waals surface area contributed by atoms with Gasteiger partial charge >= 0.3 is 5.97 Å². The van der Waals surface area contributed by atoms with Gasteiger partial charge in [0.1, 0.15) is 5.84 Å². The summed E-state index contributed by atoms with van der Waals surface area (Å²) in [5.74, 6) is -2.72. The Hall–Kier alpha value is -4.25. The average Bonchev–Trinajstić information content (AvgIpc) is 2.73. The van der Waals surface area contributed by atoms with Crippen LogP contribution in [0, 0.1) is 5.41 Å². The summed E-state index contributed by atoms with van der Waals surface area (Å²) in [4.78, 5) is 43.9. The zero-order chi connectivity index (χ0) is 25.0. The molecule has 0 saturated carbocycles. The van der Waals surface area contributed by atoms with E-state index in [4.69, 9.17) is 31.9 Å². The van der Waals surface area contributed by atoms with E-state index < -0.39 is 29.8 Å². The Kier molecular flexibility index (Phi) is 10.7. The Balaban J connectivity index is 0.00000125. The molecule has 1 atom stereocenters. The minimum atomic E-state index is -1.00. The first-order valence-corrected chi connectivity index (χ1v) is 9.79. The minimum Gasteiger partial charge on any atom is -0.481 e. The van der Waals surface area contributed by atoms with Gasteiger partial charge in [0.2, 0.25) is 5.91 Å². The Morgan fingerprint density at radius 2 is 1.64 bits per heavy atom. The summed E-state index contributed by atoms with van der Waals surface area (Å²) in [5.41, 5.74) is 13.5. The van der Waals surface area contributed by atoms with Crippen LogP contribution in [0.25, 0.3) is 0 Å². The molecule has 0 fully saturated rings. The van der Waals surface area contributed by atoms with Crippen molar-refractivity contribution in [2.24, 2.45) is 11.5 Å². The topological polar surface area (TPSA) is 209 Å². The molecule has 0 aliphatic heterocycles. The molecule has 2 aromatic carbocycles. The highest BCUT2D eigenvalue weighted by Gasteiger charge is 2.15. The number of amidine groups is 1. The van der Waals surface area contributed by atoms with Crippen LogP contribution in [0.15, 0.2) is 48.5 Å². The van der Waals surface area contributed by atoms with Gasteiger partial charge in [-0.05, 0) is 30.2 Å². The third kappa shape index (κ3) is 10.6. The number of carbonyl (C=O) groups excluding carboxylic acids is 2. The summed E-state index contributed by atoms with van der Waals surface area (Å²) in [5, 5.41) is 28.6. The van der Waals surface area contributed by atoms with E-state index in [0.29, 0.717) is 23.2 Å². The monoisotopic (exact) mass is 457 g/mol. The van der Waals surface area contributed by atoms with Crippen molar-refractivity contribution in [3.05, 3.63) is 65.2 Å². The predicted octanol–water partition coefficient (Wildman–Crippen LogP) is 0.775. The molecule has 33 heavy (non-hydrogen) atoms. The average molecular weight is 457 g/mol. The van der Waals surface area contributed by atoms with Gasteiger partial charge in [-0.1, -0.05) is 30.3 Å². The molecule has 9 N–H and O–H groups in total. The second kappa shape index (κ2) is 13.2. The quantitative estimate of drug-likeness (QED) is 0.211. The van der Waals surface area contributed by atoms with Gasteiger partial charge in [-0.3, -0.25) is 24.6 Å². The molecular weight excluding hydrogens is 430 g/mol. The summed E-state index contributed by atoms with van der Waals surface area (Å²) in [6, 6.07) is 12.4. The number of nitrogens with two attached hydrogens (primary N) is 2. The Morgan fingerprint density at radius 3 is 2.18 bits per heavy atom. The van der Waals surface area contributed by atoms with Crippen molar-refractivity contribution < 1.29 is 29.4 Å². The number of anilines is 1. The maximum atomic E-state index is 12.4. The van der Waals surface area contributed by atoms with Gasteiger partial charge in [0, 0.05) is 30.3 Å². The molecular formula is C22H27N5O6. The maximum Gasteiger partial charge on any atom is 0.305 e. The van der Waals surface area contributed by atoms with Crippen molar-refractivity contribution in [1.82, 2.24) is 5.32 Å². The summed E-state index contributed by atoms with van der Waals surface area (Å²) >= 11 is 0. The molecule has 11 nitrogen and oxygen atoms in total. The summed E-state index contributed by atoms with van der Waals surface area (Å²) in [6.45, 7) is 1.10. The maximum absolute atomic E-state index is 12.4. The van der Waals surface area contributed by atoms with Crippen LogP contribution in [-0.2, 0) is 20.8 Å². The standard InChI is InChI=1S/C20H23N5O4.C2H4O2/c21-16(10-12-4-6-13(7-5-12)18(22)23)20(29)25-15-3-1-2-14(11-15)19(28)24-9-8-17(26)27;1-2(3)4/h1-7,11,16H,8-10,21H2,(H3,22,23)(H,24,28)(H,25,29)(H,26,27);1H3,(H,3,4)/t16-;/m0./s1. The number of rotatable bonds is 9. The van der Waals surface area contributed by atoms with Crippen LogP contribution in [0.2, 0.25) is 0 Å². The number of aliphatic carboxylic acids is 2. The van der Waals surface area contributed by atoms with Crippen LogP contribution < -0.4 is 22.1 Å². The van der Waals surface area contributed by atoms with Crippen molar-refractivity contribution in [3.63, 3.8) is 0 Å². The van der Waals surface area contributed by atoms with Crippen molar-refractivity contribution in [2.45, 2.75) is 25.8 Å². The van der Waals surface area contributed by atoms with Crippen molar-refractivity contribution in [3.8, 4) is 0 Å². The van der Waals surface area contributed by atoms with Crippen LogP contribution in [-0.4, -0.2) is 52.4 Å². The Bertz CT molecular complexity index is 1000. The van der Waals surface area contributed by atoms with Gasteiger partial charge in [0.15, 0.2) is 0 Å². The first-order valence-electron chi connectivity index (χ1n) is 9.79. The van der Waals surface area contributed by atoms with Crippen LogP contribution in [0.4, 0.5) is 5.69 Å². The van der Waals surface area contributed by atoms with Gasteiger partial charge < -0.3 is 32.3 Å². The number of amides is 2. The largest absolute Gasteiger partial charge is 0.481 e. The van der Waals surface area contributed by atoms with Crippen LogP contribution in [0.5, 0.6) is 0 Å². The normalized spacial score (nSPS) is 10.7. The SMILES string of the molecule is CC(=O)O.N=C(N)c1ccc(C[C@H](N)C(=O)Nc2cccc(C(=O)NCCC(=O)O)c2)cc1. The molecule has 0 radical (unpaired) electrons. The highest BCUT2D eigenvalue weighted by molar-refractivity contribution is 5.98. The smallest absolute Gasteiger partial charge is 0.305 e. The predicted molar refractivity (Wildman–Crippen MR) is 122 cm³/mol. The lowest BCUT2D eigenvalue weighted by Crippen LogP contribution is -2.37. The molecule has 0 saturated heterocycles. The minimum absolute atomic E-state index is 0.0120. The molecule has 0 aromatic heterocycles. The van der Waals surface area contributed by atoms with E-state index in [1.807, 2.05) is 0 Å². The van der Waals surface area contributed by atoms with E-state index in [1.54, 1.807) is 42.5 Å². The van der Waals surface area contributed by atoms with E-state index in [2.05, 4.69) is 10.6 Å². The van der Waals surface area contributed by atoms with Gasteiger partial charge in [-0.25, -0.2) is 0 Å². The van der Waals surface area contributed by atoms with E-state index in [-0.39, 0.29) is 18.8 Å². The lowest BCUT2D eigenvalue weighted by molar-refractivity contribution is -0.137. The van der Waals surface area contributed by atoms with Crippen LogP contribution in [0.3, 0.4) is 0 Å². The Labute approximate surface area is 190 Å². The Morgan fingerprint density at radius 1 is 1.03 bits per heavy atom. The number of hydrogen-bond donors (Lipinski definition) is 7. The molecule has 2 rings (SSSR count). The molecule has 2 amide bonds. The molecule has 0 bridgehead atoms. The van der Waals surface area contributed by atoms with Crippen molar-refractivity contribution in [2.75, 3.05) is 11.9 Å². The molecule has 2 aromatic rings. The fourth-order valence-corrected chi connectivity index (χ4v) is 2.53. The third-order valence-corrected chi connectivity index (χ3v) is 4.07. The van der Waals surface area contributed by atoms with Crippen molar-refractivity contribution in [1.29, 1.82) is 5.41 Å². The second-order valence-corrected chi connectivity index (χ2v) is 6.91. The van der Waals surface area contributed by atoms with E-state index in [9.17, 15) is 14.4 Å². The molecule has 0 aliphatic carbocycles. The van der Waals surface area contributed by atoms with E-state index >= 15 is 0 Å². The summed E-state index contributed by atoms with van der Waals surface area (Å²) in [6.07, 6.45) is 0.115. The van der Waals surface area contributed by atoms with Crippen molar-refractivity contribution >= 4 is 35.3 Å². The number of benzene rings is 2. The number of nitrogens with one attached hydrogen (secondary N) is 3. The summed E-state index contributed by atoms with van der Waals surface area (Å²) in [7, 11) is 0. The second-order valence-electron chi connectivity index (χ2n) is 6.91.